The molecule has 1 amide bonds. The van der Waals surface area contributed by atoms with Crippen LogP contribution in [0.2, 0.25) is 0 Å². The van der Waals surface area contributed by atoms with E-state index in [0.29, 0.717) is 6.41 Å². The lowest BCUT2D eigenvalue weighted by atomic mass is 10.4. The van der Waals surface area contributed by atoms with Crippen LogP contribution in [0.25, 0.3) is 0 Å². The molecule has 1 rings (SSSR count). The average molecular weight is 137 g/mol. The lowest BCUT2D eigenvalue weighted by Crippen LogP contribution is -2.25. The van der Waals surface area contributed by atoms with E-state index in [4.69, 9.17) is 0 Å². The van der Waals surface area contributed by atoms with E-state index >= 15 is 0 Å². The normalized spacial score (nSPS) is 8.90. The van der Waals surface area contributed by atoms with E-state index in [0.717, 1.165) is 5.69 Å². The second-order valence-electron chi connectivity index (χ2n) is 2.01. The van der Waals surface area contributed by atoms with Gasteiger partial charge in [0.05, 0.1) is 5.69 Å². The molecule has 0 saturated heterocycles. The lowest BCUT2D eigenvalue weighted by molar-refractivity contribution is -0.671. The van der Waals surface area contributed by atoms with Crippen molar-refractivity contribution >= 4 is 12.1 Å². The molecule has 1 aromatic heterocycles. The van der Waals surface area contributed by atoms with Gasteiger partial charge in [-0.1, -0.05) is 0 Å². The van der Waals surface area contributed by atoms with Crippen molar-refractivity contribution in [1.82, 2.24) is 0 Å². The van der Waals surface area contributed by atoms with Gasteiger partial charge in [0, 0.05) is 12.1 Å². The van der Waals surface area contributed by atoms with E-state index < -0.39 is 0 Å². The zero-order valence-corrected chi connectivity index (χ0v) is 5.74. The molecule has 0 spiro atoms. The number of hydrogen-bond acceptors (Lipinski definition) is 1. The Bertz CT molecular complexity index is 218. The van der Waals surface area contributed by atoms with Crippen LogP contribution in [0.4, 0.5) is 5.69 Å². The zero-order valence-electron chi connectivity index (χ0n) is 5.74. The first-order chi connectivity index (χ1) is 4.83. The third-order valence-corrected chi connectivity index (χ3v) is 1.20. The maximum Gasteiger partial charge on any atom is 0.211 e. The van der Waals surface area contributed by atoms with Gasteiger partial charge in [-0.25, -0.2) is 4.57 Å². The standard InChI is InChI=1S/C7H8N2O/c1-9-4-2-7(3-5-9)8-6-10/h2-6H,1H3/p+1. The molecule has 1 heterocycles. The molecule has 0 atom stereocenters. The molecule has 10 heavy (non-hydrogen) atoms. The summed E-state index contributed by atoms with van der Waals surface area (Å²) in [5.41, 5.74) is 0.813. The molecule has 3 nitrogen and oxygen atoms in total. The van der Waals surface area contributed by atoms with Crippen molar-refractivity contribution in [1.29, 1.82) is 0 Å². The highest BCUT2D eigenvalue weighted by atomic mass is 16.1. The van der Waals surface area contributed by atoms with Crippen LogP contribution in [-0.4, -0.2) is 6.41 Å². The van der Waals surface area contributed by atoms with E-state index in [9.17, 15) is 4.79 Å². The number of nitrogens with zero attached hydrogens (tertiary/aromatic N) is 1. The summed E-state index contributed by atoms with van der Waals surface area (Å²) in [6.45, 7) is 0. The van der Waals surface area contributed by atoms with Crippen LogP contribution in [0, 0.1) is 0 Å². The number of amides is 1. The van der Waals surface area contributed by atoms with Crippen molar-refractivity contribution in [2.75, 3.05) is 5.32 Å². The average Bonchev–Trinajstić information content (AvgIpc) is 1.95. The fraction of sp³-hybridized carbons (Fsp3) is 0.143. The molecular weight excluding hydrogens is 128 g/mol. The van der Waals surface area contributed by atoms with Gasteiger partial charge in [-0.05, 0) is 0 Å². The highest BCUT2D eigenvalue weighted by Crippen LogP contribution is 1.98. The molecule has 3 heteroatoms. The van der Waals surface area contributed by atoms with Crippen LogP contribution in [0.1, 0.15) is 0 Å². The van der Waals surface area contributed by atoms with E-state index in [1.165, 1.54) is 0 Å². The van der Waals surface area contributed by atoms with Crippen molar-refractivity contribution in [3.05, 3.63) is 24.5 Å². The molecule has 0 radical (unpaired) electrons. The van der Waals surface area contributed by atoms with Gasteiger partial charge in [0.15, 0.2) is 12.4 Å². The maximum atomic E-state index is 9.94. The van der Waals surface area contributed by atoms with Crippen molar-refractivity contribution < 1.29 is 9.36 Å². The summed E-state index contributed by atoms with van der Waals surface area (Å²) in [5.74, 6) is 0. The fourth-order valence-corrected chi connectivity index (χ4v) is 0.665. The van der Waals surface area contributed by atoms with Gasteiger partial charge in [-0.3, -0.25) is 4.79 Å². The Labute approximate surface area is 59.3 Å². The van der Waals surface area contributed by atoms with Crippen LogP contribution in [0.3, 0.4) is 0 Å². The second-order valence-corrected chi connectivity index (χ2v) is 2.01. The molecule has 0 aliphatic heterocycles. The summed E-state index contributed by atoms with van der Waals surface area (Å²) >= 11 is 0. The summed E-state index contributed by atoms with van der Waals surface area (Å²) in [6, 6.07) is 3.66. The Hall–Kier alpha value is -1.38. The van der Waals surface area contributed by atoms with Crippen LogP contribution in [0.5, 0.6) is 0 Å². The number of aromatic nitrogens is 1. The quantitative estimate of drug-likeness (QED) is 0.454. The van der Waals surface area contributed by atoms with Crippen molar-refractivity contribution in [2.45, 2.75) is 0 Å². The molecule has 0 aliphatic carbocycles. The minimum absolute atomic E-state index is 0.662. The summed E-state index contributed by atoms with van der Waals surface area (Å²) in [5, 5.41) is 2.54. The summed E-state index contributed by atoms with van der Waals surface area (Å²) in [7, 11) is 1.92. The molecule has 0 bridgehead atoms. The van der Waals surface area contributed by atoms with Gasteiger partial charge in [-0.15, -0.1) is 0 Å². The van der Waals surface area contributed by atoms with E-state index in [-0.39, 0.29) is 0 Å². The molecular formula is C7H9N2O+. The molecule has 0 fully saturated rings. The summed E-state index contributed by atoms with van der Waals surface area (Å²) in [4.78, 5) is 9.94. The van der Waals surface area contributed by atoms with Crippen LogP contribution < -0.4 is 9.88 Å². The number of aryl methyl sites for hydroxylation is 1. The largest absolute Gasteiger partial charge is 0.328 e. The van der Waals surface area contributed by atoms with Gasteiger partial charge in [0.25, 0.3) is 0 Å². The first-order valence-corrected chi connectivity index (χ1v) is 2.98. The number of nitrogens with one attached hydrogen (secondary N) is 1. The second kappa shape index (κ2) is 2.96. The third kappa shape index (κ3) is 1.55. The molecule has 0 aliphatic rings. The van der Waals surface area contributed by atoms with Gasteiger partial charge < -0.3 is 5.32 Å². The molecule has 52 valence electrons. The predicted octanol–water partition coefficient (Wildman–Crippen LogP) is 0.0794. The molecule has 1 aromatic rings. The van der Waals surface area contributed by atoms with Crippen LogP contribution in [-0.2, 0) is 11.8 Å². The zero-order chi connectivity index (χ0) is 7.40. The first-order valence-electron chi connectivity index (χ1n) is 2.98. The van der Waals surface area contributed by atoms with E-state index in [1.54, 1.807) is 0 Å². The monoisotopic (exact) mass is 137 g/mol. The SMILES string of the molecule is C[n+]1ccc(NC=O)cc1. The van der Waals surface area contributed by atoms with Crippen LogP contribution >= 0.6 is 0 Å². The fourth-order valence-electron chi connectivity index (χ4n) is 0.665. The first kappa shape index (κ1) is 6.74. The van der Waals surface area contributed by atoms with Crippen molar-refractivity contribution in [2.24, 2.45) is 7.05 Å². The Kier molecular flexibility index (Phi) is 1.99. The van der Waals surface area contributed by atoms with E-state index in [2.05, 4.69) is 5.32 Å². The summed E-state index contributed by atoms with van der Waals surface area (Å²) in [6.07, 6.45) is 4.40. The number of anilines is 1. The van der Waals surface area contributed by atoms with Gasteiger partial charge in [0.1, 0.15) is 7.05 Å². The van der Waals surface area contributed by atoms with E-state index in [1.807, 2.05) is 36.1 Å². The van der Waals surface area contributed by atoms with Crippen molar-refractivity contribution in [3.8, 4) is 0 Å². The number of pyridine rings is 1. The number of hydrogen-bond donors (Lipinski definition) is 1. The minimum atomic E-state index is 0.662. The summed E-state index contributed by atoms with van der Waals surface area (Å²) < 4.78 is 1.90. The van der Waals surface area contributed by atoms with Gasteiger partial charge in [0.2, 0.25) is 6.41 Å². The molecule has 0 aromatic carbocycles. The Morgan fingerprint density at radius 2 is 2.10 bits per heavy atom. The highest BCUT2D eigenvalue weighted by molar-refractivity contribution is 5.70. The minimum Gasteiger partial charge on any atom is -0.328 e. The smallest absolute Gasteiger partial charge is 0.211 e. The number of carbonyl (C=O) groups is 1. The van der Waals surface area contributed by atoms with Crippen LogP contribution in [0.15, 0.2) is 24.5 Å². The maximum absolute atomic E-state index is 9.94. The Balaban J connectivity index is 2.78. The predicted molar refractivity (Wildman–Crippen MR) is 37.3 cm³/mol. The van der Waals surface area contributed by atoms with Gasteiger partial charge >= 0.3 is 0 Å². The number of carbonyl (C=O) groups excluding carboxylic acids is 1. The number of rotatable bonds is 2. The Morgan fingerprint density at radius 3 is 2.60 bits per heavy atom. The lowest BCUT2D eigenvalue weighted by Gasteiger charge is -1.93. The highest BCUT2D eigenvalue weighted by Gasteiger charge is 1.91. The molecule has 0 saturated carbocycles. The van der Waals surface area contributed by atoms with Gasteiger partial charge in [-0.2, -0.15) is 0 Å². The topological polar surface area (TPSA) is 33.0 Å². The Morgan fingerprint density at radius 1 is 1.50 bits per heavy atom. The molecule has 0 unspecified atom stereocenters. The molecule has 1 N–H and O–H groups in total. The van der Waals surface area contributed by atoms with Crippen molar-refractivity contribution in [3.63, 3.8) is 0 Å². The third-order valence-electron chi connectivity index (χ3n) is 1.20.